The Hall–Kier alpha value is -2.04. The van der Waals surface area contributed by atoms with Crippen LogP contribution in [0.25, 0.3) is 0 Å². The Morgan fingerprint density at radius 3 is 2.86 bits per heavy atom. The zero-order valence-corrected chi connectivity index (χ0v) is 13.3. The number of likely N-dealkylation sites (tertiary alicyclic amines) is 1. The van der Waals surface area contributed by atoms with Gasteiger partial charge in [0.25, 0.3) is 0 Å². The summed E-state index contributed by atoms with van der Waals surface area (Å²) in [6.45, 7) is 5.82. The lowest BCUT2D eigenvalue weighted by molar-refractivity contribution is -0.126. The maximum Gasteiger partial charge on any atom is 0.409 e. The molecule has 1 heterocycles. The molecule has 1 aliphatic heterocycles. The van der Waals surface area contributed by atoms with Crippen molar-refractivity contribution in [3.8, 4) is 0 Å². The second-order valence-electron chi connectivity index (χ2n) is 5.63. The second kappa shape index (κ2) is 7.82. The fraction of sp³-hybridized carbons (Fsp3) is 0.529. The SMILES string of the molecule is CCOC(=O)N1CCCC(C(=O)NCc2ccccc2C)C1. The van der Waals surface area contributed by atoms with Gasteiger partial charge in [-0.1, -0.05) is 24.3 Å². The monoisotopic (exact) mass is 304 g/mol. The van der Waals surface area contributed by atoms with E-state index in [9.17, 15) is 9.59 Å². The summed E-state index contributed by atoms with van der Waals surface area (Å²) in [7, 11) is 0. The molecule has 5 nitrogen and oxygen atoms in total. The van der Waals surface area contributed by atoms with Crippen molar-refractivity contribution in [1.82, 2.24) is 10.2 Å². The molecule has 1 saturated heterocycles. The highest BCUT2D eigenvalue weighted by Gasteiger charge is 2.28. The first-order chi connectivity index (χ1) is 10.6. The first-order valence-corrected chi connectivity index (χ1v) is 7.85. The zero-order valence-electron chi connectivity index (χ0n) is 13.3. The van der Waals surface area contributed by atoms with Crippen LogP contribution in [-0.2, 0) is 16.1 Å². The summed E-state index contributed by atoms with van der Waals surface area (Å²) in [5.41, 5.74) is 2.29. The molecule has 1 atom stereocenters. The second-order valence-corrected chi connectivity index (χ2v) is 5.63. The molecule has 1 aromatic rings. The van der Waals surface area contributed by atoms with E-state index in [1.165, 1.54) is 5.56 Å². The van der Waals surface area contributed by atoms with Gasteiger partial charge in [0, 0.05) is 19.6 Å². The number of aryl methyl sites for hydroxylation is 1. The molecule has 0 saturated carbocycles. The summed E-state index contributed by atoms with van der Waals surface area (Å²) in [5, 5.41) is 2.98. The Morgan fingerprint density at radius 1 is 1.36 bits per heavy atom. The van der Waals surface area contributed by atoms with E-state index in [2.05, 4.69) is 5.32 Å². The van der Waals surface area contributed by atoms with E-state index in [1.807, 2.05) is 31.2 Å². The minimum absolute atomic E-state index is 0.0113. The fourth-order valence-corrected chi connectivity index (χ4v) is 2.71. The molecule has 1 aliphatic rings. The van der Waals surface area contributed by atoms with Crippen molar-refractivity contribution in [2.24, 2.45) is 5.92 Å². The van der Waals surface area contributed by atoms with Crippen molar-refractivity contribution in [2.75, 3.05) is 19.7 Å². The Bertz CT molecular complexity index is 530. The number of nitrogens with one attached hydrogen (secondary N) is 1. The van der Waals surface area contributed by atoms with Crippen LogP contribution in [0.4, 0.5) is 4.79 Å². The molecule has 22 heavy (non-hydrogen) atoms. The molecule has 0 spiro atoms. The number of rotatable bonds is 4. The van der Waals surface area contributed by atoms with E-state index in [0.717, 1.165) is 18.4 Å². The van der Waals surface area contributed by atoms with Crippen LogP contribution < -0.4 is 5.32 Å². The third-order valence-electron chi connectivity index (χ3n) is 4.03. The predicted molar refractivity (Wildman–Crippen MR) is 84.3 cm³/mol. The summed E-state index contributed by atoms with van der Waals surface area (Å²) in [6, 6.07) is 8.00. The van der Waals surface area contributed by atoms with E-state index in [4.69, 9.17) is 4.74 Å². The summed E-state index contributed by atoms with van der Waals surface area (Å²) in [5.74, 6) is -0.139. The number of benzene rings is 1. The van der Waals surface area contributed by atoms with Crippen LogP contribution in [0.5, 0.6) is 0 Å². The lowest BCUT2D eigenvalue weighted by Crippen LogP contribution is -2.45. The smallest absolute Gasteiger partial charge is 0.409 e. The summed E-state index contributed by atoms with van der Waals surface area (Å²) >= 11 is 0. The van der Waals surface area contributed by atoms with Crippen LogP contribution in [0.15, 0.2) is 24.3 Å². The number of hydrogen-bond donors (Lipinski definition) is 1. The van der Waals surface area contributed by atoms with Crippen molar-refractivity contribution < 1.29 is 14.3 Å². The van der Waals surface area contributed by atoms with Gasteiger partial charge in [0.2, 0.25) is 5.91 Å². The Balaban J connectivity index is 1.87. The molecule has 5 heteroatoms. The summed E-state index contributed by atoms with van der Waals surface area (Å²) in [6.07, 6.45) is 1.33. The molecule has 0 radical (unpaired) electrons. The average molecular weight is 304 g/mol. The number of amides is 2. The number of nitrogens with zero attached hydrogens (tertiary/aromatic N) is 1. The van der Waals surface area contributed by atoms with Gasteiger partial charge in [-0.25, -0.2) is 4.79 Å². The van der Waals surface area contributed by atoms with Gasteiger partial charge in [-0.3, -0.25) is 4.79 Å². The van der Waals surface area contributed by atoms with E-state index >= 15 is 0 Å². The number of ether oxygens (including phenoxy) is 1. The predicted octanol–water partition coefficient (Wildman–Crippen LogP) is 2.48. The normalized spacial score (nSPS) is 17.9. The van der Waals surface area contributed by atoms with Gasteiger partial charge < -0.3 is 15.0 Å². The largest absolute Gasteiger partial charge is 0.450 e. The zero-order chi connectivity index (χ0) is 15.9. The number of carbonyl (C=O) groups is 2. The number of hydrogen-bond acceptors (Lipinski definition) is 3. The minimum Gasteiger partial charge on any atom is -0.450 e. The van der Waals surface area contributed by atoms with Crippen LogP contribution in [0.1, 0.15) is 30.9 Å². The molecule has 2 rings (SSSR count). The van der Waals surface area contributed by atoms with Gasteiger partial charge >= 0.3 is 6.09 Å². The van der Waals surface area contributed by atoms with Crippen molar-refractivity contribution in [3.05, 3.63) is 35.4 Å². The maximum atomic E-state index is 12.3. The maximum absolute atomic E-state index is 12.3. The quantitative estimate of drug-likeness (QED) is 0.929. The van der Waals surface area contributed by atoms with Gasteiger partial charge in [0.1, 0.15) is 0 Å². The minimum atomic E-state index is -0.320. The van der Waals surface area contributed by atoms with Crippen molar-refractivity contribution in [2.45, 2.75) is 33.2 Å². The van der Waals surface area contributed by atoms with E-state index in [-0.39, 0.29) is 17.9 Å². The van der Waals surface area contributed by atoms with Gasteiger partial charge in [-0.05, 0) is 37.8 Å². The standard InChI is InChI=1S/C17H24N2O3/c1-3-22-17(21)19-10-6-9-15(12-19)16(20)18-11-14-8-5-4-7-13(14)2/h4-5,7-8,15H,3,6,9-12H2,1-2H3,(H,18,20). The molecular weight excluding hydrogens is 280 g/mol. The molecule has 0 aromatic heterocycles. The van der Waals surface area contributed by atoms with Crippen molar-refractivity contribution in [3.63, 3.8) is 0 Å². The van der Waals surface area contributed by atoms with Gasteiger partial charge in [-0.2, -0.15) is 0 Å². The molecule has 1 N–H and O–H groups in total. The van der Waals surface area contributed by atoms with Crippen LogP contribution in [0.3, 0.4) is 0 Å². The topological polar surface area (TPSA) is 58.6 Å². The van der Waals surface area contributed by atoms with Crippen LogP contribution in [0, 0.1) is 12.8 Å². The molecule has 0 bridgehead atoms. The third-order valence-corrected chi connectivity index (χ3v) is 4.03. The summed E-state index contributed by atoms with van der Waals surface area (Å²) < 4.78 is 5.01. The number of piperidine rings is 1. The summed E-state index contributed by atoms with van der Waals surface area (Å²) in [4.78, 5) is 25.7. The fourth-order valence-electron chi connectivity index (χ4n) is 2.71. The average Bonchev–Trinajstić information content (AvgIpc) is 2.54. The highest BCUT2D eigenvalue weighted by Crippen LogP contribution is 2.18. The Labute approximate surface area is 131 Å². The molecule has 1 fully saturated rings. The van der Waals surface area contributed by atoms with Crippen LogP contribution in [-0.4, -0.2) is 36.6 Å². The van der Waals surface area contributed by atoms with Crippen LogP contribution in [0.2, 0.25) is 0 Å². The highest BCUT2D eigenvalue weighted by atomic mass is 16.6. The molecule has 1 aromatic carbocycles. The van der Waals surface area contributed by atoms with Crippen LogP contribution >= 0.6 is 0 Å². The third kappa shape index (κ3) is 4.23. The van der Waals surface area contributed by atoms with Gasteiger partial charge in [-0.15, -0.1) is 0 Å². The first kappa shape index (κ1) is 16.3. The van der Waals surface area contributed by atoms with Gasteiger partial charge in [0.05, 0.1) is 12.5 Å². The van der Waals surface area contributed by atoms with E-state index < -0.39 is 0 Å². The molecule has 1 unspecified atom stereocenters. The molecular formula is C17H24N2O3. The van der Waals surface area contributed by atoms with E-state index in [1.54, 1.807) is 11.8 Å². The first-order valence-electron chi connectivity index (χ1n) is 7.85. The Morgan fingerprint density at radius 2 is 2.14 bits per heavy atom. The van der Waals surface area contributed by atoms with E-state index in [0.29, 0.717) is 26.2 Å². The van der Waals surface area contributed by atoms with Crippen molar-refractivity contribution in [1.29, 1.82) is 0 Å². The highest BCUT2D eigenvalue weighted by molar-refractivity contribution is 5.80. The number of carbonyl (C=O) groups excluding carboxylic acids is 2. The van der Waals surface area contributed by atoms with Gasteiger partial charge in [0.15, 0.2) is 0 Å². The lowest BCUT2D eigenvalue weighted by atomic mass is 9.97. The Kier molecular flexibility index (Phi) is 5.81. The van der Waals surface area contributed by atoms with Crippen molar-refractivity contribution >= 4 is 12.0 Å². The molecule has 120 valence electrons. The lowest BCUT2D eigenvalue weighted by Gasteiger charge is -2.31. The molecule has 2 amide bonds. The molecule has 0 aliphatic carbocycles.